The van der Waals surface area contributed by atoms with E-state index >= 15 is 0 Å². The highest BCUT2D eigenvalue weighted by molar-refractivity contribution is 7.98. The van der Waals surface area contributed by atoms with Crippen molar-refractivity contribution < 1.29 is 13.3 Å². The van der Waals surface area contributed by atoms with E-state index in [1.807, 2.05) is 13.2 Å². The summed E-state index contributed by atoms with van der Waals surface area (Å²) in [6, 6.07) is 4.01. The lowest BCUT2D eigenvalue weighted by Crippen LogP contribution is -2.26. The third-order valence-electron chi connectivity index (χ3n) is 2.64. The zero-order valence-electron chi connectivity index (χ0n) is 12.0. The molecule has 0 amide bonds. The van der Waals surface area contributed by atoms with Gasteiger partial charge in [-0.25, -0.2) is 13.1 Å². The molecule has 0 saturated heterocycles. The molecule has 0 fully saturated rings. The lowest BCUT2D eigenvalue weighted by atomic mass is 10.3. The lowest BCUT2D eigenvalue weighted by Gasteiger charge is -2.09. The molecule has 1 rings (SSSR count). The number of hydrogen-bond acceptors (Lipinski definition) is 6. The van der Waals surface area contributed by atoms with Gasteiger partial charge in [-0.1, -0.05) is 0 Å². The molecule has 1 aromatic rings. The molecule has 0 heterocycles. The Bertz CT molecular complexity index is 590. The average Bonchev–Trinajstić information content (AvgIpc) is 2.43. The molecule has 0 saturated carbocycles. The number of benzene rings is 1. The molecule has 0 atom stereocenters. The van der Waals surface area contributed by atoms with Crippen LogP contribution in [0.3, 0.4) is 0 Å². The summed E-state index contributed by atoms with van der Waals surface area (Å²) >= 11 is 1.61. The van der Waals surface area contributed by atoms with Gasteiger partial charge in [-0.2, -0.15) is 11.8 Å². The van der Waals surface area contributed by atoms with Gasteiger partial charge in [0.25, 0.3) is 5.69 Å². The molecule has 0 aliphatic rings. The van der Waals surface area contributed by atoms with Crippen molar-refractivity contribution in [1.29, 1.82) is 0 Å². The molecule has 1 aromatic carbocycles. The molecule has 9 heteroatoms. The fourth-order valence-corrected chi connectivity index (χ4v) is 3.36. The number of sulfonamides is 1. The first kappa shape index (κ1) is 17.7. The standard InChI is InChI=1S/C12H19N3O4S2/c1-3-13-10-5-6-12(11(9-10)15(16)17)21(18,19)14-7-4-8-20-2/h5-6,9,13-14H,3-4,7-8H2,1-2H3. The van der Waals surface area contributed by atoms with E-state index < -0.39 is 20.6 Å². The van der Waals surface area contributed by atoms with Gasteiger partial charge < -0.3 is 5.32 Å². The molecule has 0 spiro atoms. The summed E-state index contributed by atoms with van der Waals surface area (Å²) in [4.78, 5) is 10.1. The molecule has 0 radical (unpaired) electrons. The quantitative estimate of drug-likeness (QED) is 0.407. The van der Waals surface area contributed by atoms with Crippen molar-refractivity contribution >= 4 is 33.2 Å². The fraction of sp³-hybridized carbons (Fsp3) is 0.500. The minimum Gasteiger partial charge on any atom is -0.385 e. The van der Waals surface area contributed by atoms with Crippen LogP contribution in [0.25, 0.3) is 0 Å². The molecule has 0 aliphatic heterocycles. The van der Waals surface area contributed by atoms with Crippen LogP contribution >= 0.6 is 11.8 Å². The number of nitro benzene ring substituents is 1. The van der Waals surface area contributed by atoms with Gasteiger partial charge in [0.15, 0.2) is 4.90 Å². The Hall–Kier alpha value is -1.32. The Balaban J connectivity index is 3.02. The second-order valence-corrected chi connectivity index (χ2v) is 6.94. The molecular formula is C12H19N3O4S2. The SMILES string of the molecule is CCNc1ccc(S(=O)(=O)NCCCSC)c([N+](=O)[O-])c1. The van der Waals surface area contributed by atoms with Crippen LogP contribution in [-0.4, -0.2) is 38.4 Å². The van der Waals surface area contributed by atoms with Crippen molar-refractivity contribution in [2.24, 2.45) is 0 Å². The Labute approximate surface area is 128 Å². The topological polar surface area (TPSA) is 101 Å². The second kappa shape index (κ2) is 8.20. The highest BCUT2D eigenvalue weighted by Gasteiger charge is 2.25. The Morgan fingerprint density at radius 2 is 2.10 bits per heavy atom. The maximum Gasteiger partial charge on any atom is 0.291 e. The van der Waals surface area contributed by atoms with Crippen LogP contribution < -0.4 is 10.0 Å². The van der Waals surface area contributed by atoms with Crippen molar-refractivity contribution in [3.05, 3.63) is 28.3 Å². The molecule has 118 valence electrons. The third kappa shape index (κ3) is 5.18. The first-order valence-corrected chi connectivity index (χ1v) is 9.31. The summed E-state index contributed by atoms with van der Waals surface area (Å²) in [5, 5.41) is 14.0. The van der Waals surface area contributed by atoms with Gasteiger partial charge in [0, 0.05) is 24.8 Å². The van der Waals surface area contributed by atoms with Gasteiger partial charge in [0.1, 0.15) is 0 Å². The number of nitrogens with one attached hydrogen (secondary N) is 2. The van der Waals surface area contributed by atoms with E-state index in [0.29, 0.717) is 18.7 Å². The number of rotatable bonds is 9. The van der Waals surface area contributed by atoms with Crippen molar-refractivity contribution in [2.75, 3.05) is 30.4 Å². The Morgan fingerprint density at radius 1 is 1.38 bits per heavy atom. The molecule has 0 aliphatic carbocycles. The van der Waals surface area contributed by atoms with Crippen LogP contribution in [0.15, 0.2) is 23.1 Å². The van der Waals surface area contributed by atoms with Crippen molar-refractivity contribution in [3.8, 4) is 0 Å². The van der Waals surface area contributed by atoms with Crippen LogP contribution in [-0.2, 0) is 10.0 Å². The van der Waals surface area contributed by atoms with Crippen LogP contribution in [0.4, 0.5) is 11.4 Å². The van der Waals surface area contributed by atoms with Gasteiger partial charge in [0.05, 0.1) is 4.92 Å². The van der Waals surface area contributed by atoms with E-state index in [1.165, 1.54) is 18.2 Å². The van der Waals surface area contributed by atoms with Gasteiger partial charge in [-0.15, -0.1) is 0 Å². The molecule has 2 N–H and O–H groups in total. The highest BCUT2D eigenvalue weighted by Crippen LogP contribution is 2.27. The molecular weight excluding hydrogens is 314 g/mol. The lowest BCUT2D eigenvalue weighted by molar-refractivity contribution is -0.387. The van der Waals surface area contributed by atoms with Gasteiger partial charge in [0.2, 0.25) is 10.0 Å². The van der Waals surface area contributed by atoms with Crippen molar-refractivity contribution in [2.45, 2.75) is 18.2 Å². The number of nitro groups is 1. The van der Waals surface area contributed by atoms with Crippen LogP contribution in [0.5, 0.6) is 0 Å². The first-order chi connectivity index (χ1) is 9.92. The minimum absolute atomic E-state index is 0.259. The first-order valence-electron chi connectivity index (χ1n) is 6.43. The van der Waals surface area contributed by atoms with Gasteiger partial charge in [-0.3, -0.25) is 10.1 Å². The van der Waals surface area contributed by atoms with Crippen molar-refractivity contribution in [1.82, 2.24) is 4.72 Å². The smallest absolute Gasteiger partial charge is 0.291 e. The fourth-order valence-electron chi connectivity index (χ4n) is 1.70. The highest BCUT2D eigenvalue weighted by atomic mass is 32.2. The molecule has 7 nitrogen and oxygen atoms in total. The normalized spacial score (nSPS) is 11.3. The molecule has 0 aromatic heterocycles. The van der Waals surface area contributed by atoms with Crippen molar-refractivity contribution in [3.63, 3.8) is 0 Å². The predicted molar refractivity (Wildman–Crippen MR) is 85.4 cm³/mol. The van der Waals surface area contributed by atoms with E-state index in [0.717, 1.165) is 5.75 Å². The monoisotopic (exact) mass is 333 g/mol. The van der Waals surface area contributed by atoms with Gasteiger partial charge in [-0.05, 0) is 37.5 Å². The largest absolute Gasteiger partial charge is 0.385 e. The van der Waals surface area contributed by atoms with E-state index in [1.54, 1.807) is 11.8 Å². The third-order valence-corrected chi connectivity index (χ3v) is 4.85. The summed E-state index contributed by atoms with van der Waals surface area (Å²) in [6.45, 7) is 2.70. The Kier molecular flexibility index (Phi) is 6.93. The molecule has 0 unspecified atom stereocenters. The van der Waals surface area contributed by atoms with Gasteiger partial charge >= 0.3 is 0 Å². The summed E-state index contributed by atoms with van der Waals surface area (Å²) in [7, 11) is -3.88. The molecule has 21 heavy (non-hydrogen) atoms. The van der Waals surface area contributed by atoms with E-state index in [2.05, 4.69) is 10.0 Å². The maximum atomic E-state index is 12.1. The summed E-state index contributed by atoms with van der Waals surface area (Å²) in [5.41, 5.74) is 0.0938. The predicted octanol–water partition coefficient (Wildman–Crippen LogP) is 2.06. The summed E-state index contributed by atoms with van der Waals surface area (Å²) < 4.78 is 26.7. The average molecular weight is 333 g/mol. The Morgan fingerprint density at radius 3 is 2.67 bits per heavy atom. The summed E-state index contributed by atoms with van der Waals surface area (Å²) in [6.07, 6.45) is 2.60. The number of nitrogens with zero attached hydrogens (tertiary/aromatic N) is 1. The maximum absolute atomic E-state index is 12.1. The van der Waals surface area contributed by atoms with E-state index in [4.69, 9.17) is 0 Å². The number of thioether (sulfide) groups is 1. The molecule has 0 bridgehead atoms. The number of hydrogen-bond donors (Lipinski definition) is 2. The minimum atomic E-state index is -3.88. The zero-order valence-corrected chi connectivity index (χ0v) is 13.6. The van der Waals surface area contributed by atoms with Crippen LogP contribution in [0, 0.1) is 10.1 Å². The zero-order chi connectivity index (χ0) is 15.9. The van der Waals surface area contributed by atoms with Crippen LogP contribution in [0.1, 0.15) is 13.3 Å². The number of anilines is 1. The van der Waals surface area contributed by atoms with E-state index in [9.17, 15) is 18.5 Å². The second-order valence-electron chi connectivity index (χ2n) is 4.21. The van der Waals surface area contributed by atoms with E-state index in [-0.39, 0.29) is 11.4 Å². The summed E-state index contributed by atoms with van der Waals surface area (Å²) in [5.74, 6) is 0.823. The van der Waals surface area contributed by atoms with Crippen LogP contribution in [0.2, 0.25) is 0 Å².